The highest BCUT2D eigenvalue weighted by molar-refractivity contribution is 5.38. The Labute approximate surface area is 90.4 Å². The van der Waals surface area contributed by atoms with Crippen LogP contribution in [0.5, 0.6) is 0 Å². The molecule has 1 unspecified atom stereocenters. The Hall–Kier alpha value is -1.37. The molecule has 0 fully saturated rings. The maximum Gasteiger partial charge on any atom is 0.121 e. The molecule has 80 valence electrons. The third kappa shape index (κ3) is 2.79. The Bertz CT molecular complexity index is 348. The molecule has 0 aliphatic rings. The minimum absolute atomic E-state index is 0.0448. The number of nitrogens with one attached hydrogen (secondary N) is 1. The number of aryl methyl sites for hydroxylation is 2. The van der Waals surface area contributed by atoms with Crippen molar-refractivity contribution in [1.82, 2.24) is 5.32 Å². The molecule has 0 spiro atoms. The van der Waals surface area contributed by atoms with E-state index in [4.69, 9.17) is 10.4 Å². The van der Waals surface area contributed by atoms with Crippen LogP contribution in [0.15, 0.2) is 18.2 Å². The van der Waals surface area contributed by atoms with E-state index in [1.54, 1.807) is 0 Å². The van der Waals surface area contributed by atoms with Gasteiger partial charge in [-0.25, -0.2) is 0 Å². The summed E-state index contributed by atoms with van der Waals surface area (Å²) in [6.45, 7) is 4.47. The monoisotopic (exact) mass is 204 g/mol. The van der Waals surface area contributed by atoms with Gasteiger partial charge in [0.1, 0.15) is 6.04 Å². The molecule has 0 aromatic heterocycles. The van der Waals surface area contributed by atoms with E-state index in [1.165, 1.54) is 0 Å². The summed E-state index contributed by atoms with van der Waals surface area (Å²) in [5.41, 5.74) is 3.23. The van der Waals surface area contributed by atoms with Crippen LogP contribution < -0.4 is 5.32 Å². The van der Waals surface area contributed by atoms with Crippen molar-refractivity contribution in [2.45, 2.75) is 19.9 Å². The van der Waals surface area contributed by atoms with Gasteiger partial charge in [0.2, 0.25) is 0 Å². The fourth-order valence-corrected chi connectivity index (χ4v) is 1.70. The van der Waals surface area contributed by atoms with Crippen molar-refractivity contribution in [1.29, 1.82) is 5.26 Å². The first kappa shape index (κ1) is 11.7. The van der Waals surface area contributed by atoms with Gasteiger partial charge in [0, 0.05) is 6.54 Å². The number of benzene rings is 1. The molecular weight excluding hydrogens is 188 g/mol. The van der Waals surface area contributed by atoms with Crippen LogP contribution in [0, 0.1) is 25.2 Å². The molecule has 0 amide bonds. The zero-order valence-corrected chi connectivity index (χ0v) is 9.12. The van der Waals surface area contributed by atoms with Crippen molar-refractivity contribution in [3.8, 4) is 6.07 Å². The summed E-state index contributed by atoms with van der Waals surface area (Å²) in [6.07, 6.45) is 0. The lowest BCUT2D eigenvalue weighted by atomic mass is 9.97. The van der Waals surface area contributed by atoms with Gasteiger partial charge in [0.05, 0.1) is 12.7 Å². The zero-order chi connectivity index (χ0) is 11.3. The predicted octanol–water partition coefficient (Wildman–Crippen LogP) is 1.45. The van der Waals surface area contributed by atoms with Crippen LogP contribution >= 0.6 is 0 Å². The molecule has 0 radical (unpaired) electrons. The summed E-state index contributed by atoms with van der Waals surface area (Å²) < 4.78 is 0. The van der Waals surface area contributed by atoms with Gasteiger partial charge in [-0.15, -0.1) is 0 Å². The lowest BCUT2D eigenvalue weighted by molar-refractivity contribution is 0.289. The molecule has 15 heavy (non-hydrogen) atoms. The summed E-state index contributed by atoms with van der Waals surface area (Å²) in [4.78, 5) is 0. The number of aliphatic hydroxyl groups excluding tert-OH is 1. The minimum Gasteiger partial charge on any atom is -0.395 e. The Morgan fingerprint density at radius 1 is 1.40 bits per heavy atom. The van der Waals surface area contributed by atoms with Gasteiger partial charge in [0.25, 0.3) is 0 Å². The Kier molecular flexibility index (Phi) is 4.29. The van der Waals surface area contributed by atoms with E-state index in [1.807, 2.05) is 32.0 Å². The molecule has 0 saturated heterocycles. The molecule has 0 aliphatic heterocycles. The summed E-state index contributed by atoms with van der Waals surface area (Å²) in [5.74, 6) is 0. The molecule has 1 atom stereocenters. The van der Waals surface area contributed by atoms with Crippen LogP contribution in [-0.4, -0.2) is 18.3 Å². The van der Waals surface area contributed by atoms with E-state index in [-0.39, 0.29) is 12.6 Å². The van der Waals surface area contributed by atoms with Crippen LogP contribution in [-0.2, 0) is 0 Å². The van der Waals surface area contributed by atoms with E-state index in [9.17, 15) is 0 Å². The Morgan fingerprint density at radius 2 is 2.00 bits per heavy atom. The molecule has 1 aromatic carbocycles. The van der Waals surface area contributed by atoms with Crippen LogP contribution in [0.4, 0.5) is 0 Å². The Balaban J connectivity index is 2.97. The largest absolute Gasteiger partial charge is 0.395 e. The van der Waals surface area contributed by atoms with E-state index in [2.05, 4.69) is 11.4 Å². The first-order valence-corrected chi connectivity index (χ1v) is 5.00. The lowest BCUT2D eigenvalue weighted by Crippen LogP contribution is -2.24. The number of rotatable bonds is 4. The van der Waals surface area contributed by atoms with Crippen molar-refractivity contribution < 1.29 is 5.11 Å². The highest BCUT2D eigenvalue weighted by Gasteiger charge is 2.13. The van der Waals surface area contributed by atoms with Crippen molar-refractivity contribution in [2.75, 3.05) is 13.2 Å². The van der Waals surface area contributed by atoms with Crippen LogP contribution in [0.3, 0.4) is 0 Å². The molecule has 2 N–H and O–H groups in total. The number of hydrogen-bond donors (Lipinski definition) is 2. The van der Waals surface area contributed by atoms with Gasteiger partial charge >= 0.3 is 0 Å². The topological polar surface area (TPSA) is 56.0 Å². The van der Waals surface area contributed by atoms with Gasteiger partial charge < -0.3 is 5.11 Å². The molecule has 1 rings (SSSR count). The fraction of sp³-hybridized carbons (Fsp3) is 0.417. The molecule has 0 saturated carbocycles. The summed E-state index contributed by atoms with van der Waals surface area (Å²) >= 11 is 0. The standard InChI is InChI=1S/C12H16N2O/c1-9-4-3-5-10(2)12(9)11(8-13)14-6-7-15/h3-5,11,14-15H,6-7H2,1-2H3. The maximum absolute atomic E-state index is 9.06. The van der Waals surface area contributed by atoms with Crippen LogP contribution in [0.1, 0.15) is 22.7 Å². The van der Waals surface area contributed by atoms with Crippen molar-refractivity contribution in [2.24, 2.45) is 0 Å². The van der Waals surface area contributed by atoms with E-state index < -0.39 is 0 Å². The molecule has 0 bridgehead atoms. The third-order valence-electron chi connectivity index (χ3n) is 2.42. The van der Waals surface area contributed by atoms with Gasteiger partial charge in [-0.05, 0) is 30.5 Å². The highest BCUT2D eigenvalue weighted by Crippen LogP contribution is 2.20. The van der Waals surface area contributed by atoms with Crippen molar-refractivity contribution >= 4 is 0 Å². The van der Waals surface area contributed by atoms with Gasteiger partial charge in [-0.1, -0.05) is 18.2 Å². The maximum atomic E-state index is 9.06. The summed E-state index contributed by atoms with van der Waals surface area (Å²) in [5, 5.41) is 20.8. The van der Waals surface area contributed by atoms with Crippen LogP contribution in [0.2, 0.25) is 0 Å². The van der Waals surface area contributed by atoms with Crippen molar-refractivity contribution in [3.05, 3.63) is 34.9 Å². The average Bonchev–Trinajstić information content (AvgIpc) is 2.22. The minimum atomic E-state index is -0.335. The molecule has 0 heterocycles. The number of nitrogens with zero attached hydrogens (tertiary/aromatic N) is 1. The summed E-state index contributed by atoms with van der Waals surface area (Å²) in [7, 11) is 0. The number of aliphatic hydroxyl groups is 1. The van der Waals surface area contributed by atoms with E-state index >= 15 is 0 Å². The highest BCUT2D eigenvalue weighted by atomic mass is 16.3. The molecule has 3 heteroatoms. The fourth-order valence-electron chi connectivity index (χ4n) is 1.70. The first-order valence-electron chi connectivity index (χ1n) is 5.00. The quantitative estimate of drug-likeness (QED) is 0.780. The van der Waals surface area contributed by atoms with Gasteiger partial charge in [-0.2, -0.15) is 5.26 Å². The summed E-state index contributed by atoms with van der Waals surface area (Å²) in [6, 6.07) is 7.85. The number of nitriles is 1. The molecule has 0 aliphatic carbocycles. The molecule has 3 nitrogen and oxygen atoms in total. The predicted molar refractivity (Wildman–Crippen MR) is 59.4 cm³/mol. The zero-order valence-electron chi connectivity index (χ0n) is 9.12. The second-order valence-corrected chi connectivity index (χ2v) is 3.55. The van der Waals surface area contributed by atoms with E-state index in [0.29, 0.717) is 6.54 Å². The van der Waals surface area contributed by atoms with Crippen LogP contribution in [0.25, 0.3) is 0 Å². The number of hydrogen-bond acceptors (Lipinski definition) is 3. The molecule has 1 aromatic rings. The molecular formula is C12H16N2O. The first-order chi connectivity index (χ1) is 7.20. The second kappa shape index (κ2) is 5.50. The second-order valence-electron chi connectivity index (χ2n) is 3.55. The van der Waals surface area contributed by atoms with Gasteiger partial charge in [-0.3, -0.25) is 5.32 Å². The smallest absolute Gasteiger partial charge is 0.121 e. The third-order valence-corrected chi connectivity index (χ3v) is 2.42. The normalized spacial score (nSPS) is 12.1. The SMILES string of the molecule is Cc1cccc(C)c1C(C#N)NCCO. The average molecular weight is 204 g/mol. The van der Waals surface area contributed by atoms with Crippen molar-refractivity contribution in [3.63, 3.8) is 0 Å². The van der Waals surface area contributed by atoms with E-state index in [0.717, 1.165) is 16.7 Å². The van der Waals surface area contributed by atoms with Gasteiger partial charge in [0.15, 0.2) is 0 Å². The Morgan fingerprint density at radius 3 is 2.47 bits per heavy atom. The lowest BCUT2D eigenvalue weighted by Gasteiger charge is -2.16.